The molecule has 1 aliphatic heterocycles. The third-order valence-electron chi connectivity index (χ3n) is 4.70. The average molecular weight is 311 g/mol. The number of hydrogen-bond donors (Lipinski definition) is 0. The molecule has 1 aliphatic rings. The summed E-state index contributed by atoms with van der Waals surface area (Å²) >= 11 is 0. The number of methoxy groups -OCH3 is 1. The molecule has 1 heterocycles. The molecule has 0 spiro atoms. The molecule has 0 saturated carbocycles. The molecule has 2 aromatic rings. The van der Waals surface area contributed by atoms with Gasteiger partial charge in [0.15, 0.2) is 5.78 Å². The van der Waals surface area contributed by atoms with E-state index < -0.39 is 0 Å². The van der Waals surface area contributed by atoms with Crippen LogP contribution in [-0.2, 0) is 0 Å². The Morgan fingerprint density at radius 2 is 1.83 bits per heavy atom. The molecule has 2 aromatic carbocycles. The van der Waals surface area contributed by atoms with Crippen LogP contribution in [0.1, 0.15) is 30.6 Å². The zero-order valence-corrected chi connectivity index (χ0v) is 14.2. The Bertz CT molecular complexity index is 700. The Morgan fingerprint density at radius 3 is 2.52 bits per heavy atom. The van der Waals surface area contributed by atoms with Crippen LogP contribution in [-0.4, -0.2) is 37.4 Å². The van der Waals surface area contributed by atoms with Crippen molar-refractivity contribution in [3.05, 3.63) is 42.0 Å². The van der Waals surface area contributed by atoms with E-state index in [0.717, 1.165) is 29.4 Å². The topological polar surface area (TPSA) is 29.5 Å². The number of ether oxygens (including phenoxy) is 1. The number of benzene rings is 2. The number of piperidine rings is 1. The number of likely N-dealkylation sites (tertiary alicyclic amines) is 1. The molecule has 3 nitrogen and oxygen atoms in total. The molecule has 1 fully saturated rings. The maximum Gasteiger partial charge on any atom is 0.181 e. The maximum absolute atomic E-state index is 13.0. The minimum absolute atomic E-state index is 0.153. The highest BCUT2D eigenvalue weighted by molar-refractivity contribution is 6.11. The summed E-state index contributed by atoms with van der Waals surface area (Å²) in [5, 5.41) is 2.06. The van der Waals surface area contributed by atoms with Crippen LogP contribution in [0.3, 0.4) is 0 Å². The fraction of sp³-hybridized carbons (Fsp3) is 0.450. The minimum atomic E-state index is 0.153. The summed E-state index contributed by atoms with van der Waals surface area (Å²) in [5.74, 6) is 2.13. The minimum Gasteiger partial charge on any atom is -0.496 e. The van der Waals surface area contributed by atoms with E-state index in [4.69, 9.17) is 4.74 Å². The van der Waals surface area contributed by atoms with Gasteiger partial charge in [0, 0.05) is 13.1 Å². The number of carbonyl (C=O) groups excluding carboxylic acids is 1. The van der Waals surface area contributed by atoms with Gasteiger partial charge in [-0.05, 0) is 35.1 Å². The lowest BCUT2D eigenvalue weighted by atomic mass is 9.91. The van der Waals surface area contributed by atoms with Gasteiger partial charge in [-0.3, -0.25) is 9.69 Å². The number of ketones is 1. The second-order valence-corrected chi connectivity index (χ2v) is 6.93. The fourth-order valence-electron chi connectivity index (χ4n) is 3.91. The van der Waals surface area contributed by atoms with Crippen molar-refractivity contribution in [2.45, 2.75) is 20.3 Å². The molecule has 0 N–H and O–H groups in total. The van der Waals surface area contributed by atoms with Crippen LogP contribution in [0.5, 0.6) is 5.75 Å². The second-order valence-electron chi connectivity index (χ2n) is 6.93. The summed E-state index contributed by atoms with van der Waals surface area (Å²) in [5.41, 5.74) is 0.719. The Balaban J connectivity index is 1.91. The van der Waals surface area contributed by atoms with Crippen LogP contribution in [0.2, 0.25) is 0 Å². The Labute approximate surface area is 138 Å². The standard InChI is InChI=1S/C20H25NO2/c1-14-10-15(2)12-21(11-14)13-18(22)20-17-7-5-4-6-16(17)8-9-19(20)23-3/h4-9,14-15H,10-13H2,1-3H3. The molecule has 2 unspecified atom stereocenters. The Morgan fingerprint density at radius 1 is 1.13 bits per heavy atom. The number of fused-ring (bicyclic) bond motifs is 1. The normalized spacial score (nSPS) is 22.2. The van der Waals surface area contributed by atoms with Crippen molar-refractivity contribution in [1.29, 1.82) is 0 Å². The van der Waals surface area contributed by atoms with Crippen LogP contribution in [0, 0.1) is 11.8 Å². The summed E-state index contributed by atoms with van der Waals surface area (Å²) in [4.78, 5) is 15.3. The molecule has 0 aliphatic carbocycles. The Hall–Kier alpha value is -1.87. The lowest BCUT2D eigenvalue weighted by Crippen LogP contribution is -2.41. The summed E-state index contributed by atoms with van der Waals surface area (Å²) in [6.07, 6.45) is 1.25. The third kappa shape index (κ3) is 3.40. The molecule has 23 heavy (non-hydrogen) atoms. The monoisotopic (exact) mass is 311 g/mol. The SMILES string of the molecule is COc1ccc2ccccc2c1C(=O)CN1CC(C)CC(C)C1. The van der Waals surface area contributed by atoms with Gasteiger partial charge >= 0.3 is 0 Å². The van der Waals surface area contributed by atoms with Crippen molar-refractivity contribution < 1.29 is 9.53 Å². The van der Waals surface area contributed by atoms with Crippen molar-refractivity contribution in [2.24, 2.45) is 11.8 Å². The van der Waals surface area contributed by atoms with E-state index in [1.165, 1.54) is 6.42 Å². The molecule has 0 amide bonds. The fourth-order valence-corrected chi connectivity index (χ4v) is 3.91. The first-order valence-corrected chi connectivity index (χ1v) is 8.39. The first-order valence-electron chi connectivity index (χ1n) is 8.39. The van der Waals surface area contributed by atoms with E-state index >= 15 is 0 Å². The number of carbonyl (C=O) groups is 1. The van der Waals surface area contributed by atoms with Gasteiger partial charge in [-0.2, -0.15) is 0 Å². The average Bonchev–Trinajstić information content (AvgIpc) is 2.52. The van der Waals surface area contributed by atoms with Crippen LogP contribution in [0.15, 0.2) is 36.4 Å². The maximum atomic E-state index is 13.0. The van der Waals surface area contributed by atoms with E-state index in [0.29, 0.717) is 24.1 Å². The number of rotatable bonds is 4. The predicted molar refractivity (Wildman–Crippen MR) is 94.2 cm³/mol. The number of hydrogen-bond acceptors (Lipinski definition) is 3. The molecule has 122 valence electrons. The summed E-state index contributed by atoms with van der Waals surface area (Å²) in [7, 11) is 1.63. The highest BCUT2D eigenvalue weighted by Crippen LogP contribution is 2.29. The van der Waals surface area contributed by atoms with Crippen LogP contribution in [0.4, 0.5) is 0 Å². The zero-order chi connectivity index (χ0) is 16.4. The third-order valence-corrected chi connectivity index (χ3v) is 4.70. The van der Waals surface area contributed by atoms with Crippen LogP contribution in [0.25, 0.3) is 10.8 Å². The van der Waals surface area contributed by atoms with E-state index in [-0.39, 0.29) is 5.78 Å². The molecule has 0 bridgehead atoms. The second kappa shape index (κ2) is 6.71. The van der Waals surface area contributed by atoms with E-state index in [9.17, 15) is 4.79 Å². The van der Waals surface area contributed by atoms with Gasteiger partial charge in [-0.1, -0.05) is 44.2 Å². The van der Waals surface area contributed by atoms with Gasteiger partial charge in [-0.25, -0.2) is 0 Å². The van der Waals surface area contributed by atoms with Crippen molar-refractivity contribution in [2.75, 3.05) is 26.7 Å². The highest BCUT2D eigenvalue weighted by Gasteiger charge is 2.25. The molecule has 3 heteroatoms. The summed E-state index contributed by atoms with van der Waals surface area (Å²) in [6.45, 7) is 7.02. The van der Waals surface area contributed by atoms with Gasteiger partial charge in [-0.15, -0.1) is 0 Å². The summed E-state index contributed by atoms with van der Waals surface area (Å²) in [6, 6.07) is 11.9. The number of nitrogens with zero attached hydrogens (tertiary/aromatic N) is 1. The smallest absolute Gasteiger partial charge is 0.181 e. The molecule has 0 aromatic heterocycles. The number of Topliss-reactive ketones (excluding diaryl/α,β-unsaturated/α-hetero) is 1. The molecular weight excluding hydrogens is 286 g/mol. The van der Waals surface area contributed by atoms with Gasteiger partial charge in [0.25, 0.3) is 0 Å². The lowest BCUT2D eigenvalue weighted by Gasteiger charge is -2.34. The molecule has 3 rings (SSSR count). The van der Waals surface area contributed by atoms with Crippen molar-refractivity contribution in [3.8, 4) is 5.75 Å². The first-order chi connectivity index (χ1) is 11.1. The summed E-state index contributed by atoms with van der Waals surface area (Å²) < 4.78 is 5.47. The van der Waals surface area contributed by atoms with Gasteiger partial charge in [0.1, 0.15) is 5.75 Å². The largest absolute Gasteiger partial charge is 0.496 e. The molecular formula is C20H25NO2. The van der Waals surface area contributed by atoms with Gasteiger partial charge in [0.2, 0.25) is 0 Å². The first kappa shape index (κ1) is 16.0. The highest BCUT2D eigenvalue weighted by atomic mass is 16.5. The quantitative estimate of drug-likeness (QED) is 0.799. The predicted octanol–water partition coefficient (Wildman–Crippen LogP) is 4.01. The van der Waals surface area contributed by atoms with Crippen molar-refractivity contribution in [1.82, 2.24) is 4.90 Å². The van der Waals surface area contributed by atoms with Crippen molar-refractivity contribution >= 4 is 16.6 Å². The zero-order valence-electron chi connectivity index (χ0n) is 14.2. The van der Waals surface area contributed by atoms with Gasteiger partial charge < -0.3 is 4.74 Å². The van der Waals surface area contributed by atoms with E-state index in [1.807, 2.05) is 36.4 Å². The lowest BCUT2D eigenvalue weighted by molar-refractivity contribution is 0.0848. The van der Waals surface area contributed by atoms with Crippen LogP contribution >= 0.6 is 0 Å². The van der Waals surface area contributed by atoms with Gasteiger partial charge in [0.05, 0.1) is 19.2 Å². The molecule has 0 radical (unpaired) electrons. The Kier molecular flexibility index (Phi) is 4.67. The molecule has 1 saturated heterocycles. The molecule has 2 atom stereocenters. The van der Waals surface area contributed by atoms with Crippen molar-refractivity contribution in [3.63, 3.8) is 0 Å². The van der Waals surface area contributed by atoms with Crippen LogP contribution < -0.4 is 4.74 Å². The van der Waals surface area contributed by atoms with E-state index in [1.54, 1.807) is 7.11 Å². The van der Waals surface area contributed by atoms with E-state index in [2.05, 4.69) is 18.7 Å².